The van der Waals surface area contributed by atoms with Crippen LogP contribution in [-0.4, -0.2) is 30.2 Å². The van der Waals surface area contributed by atoms with E-state index in [4.69, 9.17) is 5.11 Å². The Labute approximate surface area is 101 Å². The van der Waals surface area contributed by atoms with Crippen LogP contribution in [0.2, 0.25) is 0 Å². The summed E-state index contributed by atoms with van der Waals surface area (Å²) in [5.41, 5.74) is 1.17. The first-order chi connectivity index (χ1) is 8.13. The van der Waals surface area contributed by atoms with Crippen LogP contribution in [0, 0.1) is 0 Å². The third-order valence-electron chi connectivity index (χ3n) is 2.72. The van der Waals surface area contributed by atoms with Gasteiger partial charge in [-0.2, -0.15) is 0 Å². The van der Waals surface area contributed by atoms with Crippen LogP contribution in [0.3, 0.4) is 0 Å². The Balaban J connectivity index is 2.39. The van der Waals surface area contributed by atoms with E-state index in [1.807, 2.05) is 37.3 Å². The number of aliphatic hydroxyl groups is 1. The van der Waals surface area contributed by atoms with Crippen LogP contribution in [0.5, 0.6) is 0 Å². The van der Waals surface area contributed by atoms with Crippen LogP contribution in [0.4, 0.5) is 8.78 Å². The van der Waals surface area contributed by atoms with Gasteiger partial charge in [0.05, 0.1) is 0 Å². The van der Waals surface area contributed by atoms with Crippen LogP contribution >= 0.6 is 0 Å². The molecule has 1 aromatic carbocycles. The summed E-state index contributed by atoms with van der Waals surface area (Å²) in [6.07, 6.45) is -2.64. The number of aliphatic hydroxyl groups excluding tert-OH is 1. The Morgan fingerprint density at radius 2 is 1.88 bits per heavy atom. The normalized spacial score (nSPS) is 14.9. The Morgan fingerprint density at radius 1 is 1.24 bits per heavy atom. The highest BCUT2D eigenvalue weighted by Gasteiger charge is 2.17. The standard InChI is InChI=1S/C13H19F2NO/c1-2-11(16-9-12(17)13(14)15)8-10-6-4-3-5-7-10/h3-7,11-13,16-17H,2,8-9H2,1H3. The summed E-state index contributed by atoms with van der Waals surface area (Å²) in [5.74, 6) is 0. The summed E-state index contributed by atoms with van der Waals surface area (Å²) in [4.78, 5) is 0. The van der Waals surface area contributed by atoms with E-state index in [2.05, 4.69) is 5.32 Å². The van der Waals surface area contributed by atoms with E-state index in [-0.39, 0.29) is 12.6 Å². The highest BCUT2D eigenvalue weighted by molar-refractivity contribution is 5.15. The Bertz CT molecular complexity index is 306. The van der Waals surface area contributed by atoms with Crippen molar-refractivity contribution in [1.82, 2.24) is 5.32 Å². The van der Waals surface area contributed by atoms with E-state index >= 15 is 0 Å². The fourth-order valence-corrected chi connectivity index (χ4v) is 1.64. The summed E-state index contributed by atoms with van der Waals surface area (Å²) < 4.78 is 24.2. The van der Waals surface area contributed by atoms with Gasteiger partial charge in [-0.05, 0) is 18.4 Å². The number of hydrogen-bond acceptors (Lipinski definition) is 2. The number of rotatable bonds is 7. The van der Waals surface area contributed by atoms with Gasteiger partial charge in [0.25, 0.3) is 6.43 Å². The predicted octanol–water partition coefficient (Wildman–Crippen LogP) is 2.22. The molecule has 0 aromatic heterocycles. The molecule has 0 fully saturated rings. The van der Waals surface area contributed by atoms with E-state index in [0.717, 1.165) is 12.8 Å². The highest BCUT2D eigenvalue weighted by atomic mass is 19.3. The monoisotopic (exact) mass is 243 g/mol. The van der Waals surface area contributed by atoms with Gasteiger partial charge < -0.3 is 10.4 Å². The fourth-order valence-electron chi connectivity index (χ4n) is 1.64. The second kappa shape index (κ2) is 7.35. The molecule has 0 radical (unpaired) electrons. The maximum Gasteiger partial charge on any atom is 0.265 e. The molecule has 0 bridgehead atoms. The molecule has 0 aliphatic heterocycles. The minimum atomic E-state index is -2.68. The lowest BCUT2D eigenvalue weighted by Gasteiger charge is -2.19. The molecular formula is C13H19F2NO. The van der Waals surface area contributed by atoms with Crippen molar-refractivity contribution in [2.24, 2.45) is 0 Å². The molecule has 0 amide bonds. The van der Waals surface area contributed by atoms with Crippen molar-refractivity contribution in [1.29, 1.82) is 0 Å². The SMILES string of the molecule is CCC(Cc1ccccc1)NCC(O)C(F)F. The second-order valence-electron chi connectivity index (χ2n) is 4.10. The molecule has 0 spiro atoms. The third-order valence-corrected chi connectivity index (χ3v) is 2.72. The maximum absolute atomic E-state index is 12.1. The zero-order valence-electron chi connectivity index (χ0n) is 9.94. The van der Waals surface area contributed by atoms with Crippen molar-refractivity contribution in [2.75, 3.05) is 6.54 Å². The third kappa shape index (κ3) is 5.24. The molecule has 1 aromatic rings. The summed E-state index contributed by atoms with van der Waals surface area (Å²) in [6, 6.07) is 9.98. The molecule has 0 saturated heterocycles. The van der Waals surface area contributed by atoms with E-state index in [1.165, 1.54) is 5.56 Å². The van der Waals surface area contributed by atoms with Crippen molar-refractivity contribution in [2.45, 2.75) is 38.3 Å². The highest BCUT2D eigenvalue weighted by Crippen LogP contribution is 2.06. The second-order valence-corrected chi connectivity index (χ2v) is 4.10. The smallest absolute Gasteiger partial charge is 0.265 e. The van der Waals surface area contributed by atoms with E-state index in [9.17, 15) is 8.78 Å². The van der Waals surface area contributed by atoms with Crippen LogP contribution in [-0.2, 0) is 6.42 Å². The maximum atomic E-state index is 12.1. The molecule has 2 nitrogen and oxygen atoms in total. The zero-order chi connectivity index (χ0) is 12.7. The molecular weight excluding hydrogens is 224 g/mol. The van der Waals surface area contributed by atoms with Gasteiger partial charge in [0.2, 0.25) is 0 Å². The number of hydrogen-bond donors (Lipinski definition) is 2. The average Bonchev–Trinajstić information content (AvgIpc) is 2.35. The first-order valence-electron chi connectivity index (χ1n) is 5.87. The van der Waals surface area contributed by atoms with Gasteiger partial charge in [0.1, 0.15) is 6.10 Å². The Morgan fingerprint density at radius 3 is 2.41 bits per heavy atom. The first-order valence-corrected chi connectivity index (χ1v) is 5.87. The molecule has 0 saturated carbocycles. The summed E-state index contributed by atoms with van der Waals surface area (Å²) in [6.45, 7) is 1.93. The topological polar surface area (TPSA) is 32.3 Å². The van der Waals surface area contributed by atoms with E-state index < -0.39 is 12.5 Å². The fraction of sp³-hybridized carbons (Fsp3) is 0.538. The minimum absolute atomic E-state index is 0.0665. The minimum Gasteiger partial charge on any atom is -0.386 e. The van der Waals surface area contributed by atoms with E-state index in [1.54, 1.807) is 0 Å². The van der Waals surface area contributed by atoms with Crippen molar-refractivity contribution in [3.05, 3.63) is 35.9 Å². The Hall–Kier alpha value is -1.00. The van der Waals surface area contributed by atoms with Crippen LogP contribution < -0.4 is 5.32 Å². The molecule has 0 aliphatic carbocycles. The molecule has 2 N–H and O–H groups in total. The molecule has 0 heterocycles. The molecule has 2 unspecified atom stereocenters. The van der Waals surface area contributed by atoms with Gasteiger partial charge in [-0.15, -0.1) is 0 Å². The van der Waals surface area contributed by atoms with Crippen molar-refractivity contribution >= 4 is 0 Å². The van der Waals surface area contributed by atoms with E-state index in [0.29, 0.717) is 0 Å². The van der Waals surface area contributed by atoms with Gasteiger partial charge >= 0.3 is 0 Å². The van der Waals surface area contributed by atoms with Crippen molar-refractivity contribution in [3.8, 4) is 0 Å². The summed E-state index contributed by atoms with van der Waals surface area (Å²) >= 11 is 0. The molecule has 2 atom stereocenters. The Kier molecular flexibility index (Phi) is 6.08. The van der Waals surface area contributed by atoms with Gasteiger partial charge in [0, 0.05) is 12.6 Å². The molecule has 4 heteroatoms. The zero-order valence-corrected chi connectivity index (χ0v) is 9.94. The lowest BCUT2D eigenvalue weighted by Crippen LogP contribution is -2.39. The number of alkyl halides is 2. The average molecular weight is 243 g/mol. The van der Waals surface area contributed by atoms with Gasteiger partial charge in [-0.25, -0.2) is 8.78 Å². The lowest BCUT2D eigenvalue weighted by atomic mass is 10.0. The molecule has 96 valence electrons. The quantitative estimate of drug-likeness (QED) is 0.769. The van der Waals surface area contributed by atoms with Crippen molar-refractivity contribution < 1.29 is 13.9 Å². The number of benzene rings is 1. The number of halogens is 2. The molecule has 1 rings (SSSR count). The van der Waals surface area contributed by atoms with Crippen LogP contribution in [0.25, 0.3) is 0 Å². The molecule has 0 aliphatic rings. The first kappa shape index (κ1) is 14.1. The molecule has 17 heavy (non-hydrogen) atoms. The van der Waals surface area contributed by atoms with Gasteiger partial charge in [-0.3, -0.25) is 0 Å². The lowest BCUT2D eigenvalue weighted by molar-refractivity contribution is -0.00465. The largest absolute Gasteiger partial charge is 0.386 e. The van der Waals surface area contributed by atoms with Gasteiger partial charge in [0.15, 0.2) is 0 Å². The van der Waals surface area contributed by atoms with Gasteiger partial charge in [-0.1, -0.05) is 37.3 Å². The van der Waals surface area contributed by atoms with Crippen molar-refractivity contribution in [3.63, 3.8) is 0 Å². The number of nitrogens with one attached hydrogen (secondary N) is 1. The predicted molar refractivity (Wildman–Crippen MR) is 64.2 cm³/mol. The summed E-state index contributed by atoms with van der Waals surface area (Å²) in [7, 11) is 0. The van der Waals surface area contributed by atoms with Crippen LogP contribution in [0.15, 0.2) is 30.3 Å². The van der Waals surface area contributed by atoms with Crippen LogP contribution in [0.1, 0.15) is 18.9 Å². The summed E-state index contributed by atoms with van der Waals surface area (Å²) in [5, 5.41) is 12.0.